The molecule has 4 aliphatic rings. The van der Waals surface area contributed by atoms with Crippen LogP contribution in [0.3, 0.4) is 0 Å². The lowest BCUT2D eigenvalue weighted by Gasteiger charge is -2.42. The van der Waals surface area contributed by atoms with E-state index in [0.29, 0.717) is 55.2 Å². The highest BCUT2D eigenvalue weighted by Crippen LogP contribution is 2.45. The maximum atomic E-state index is 13.1. The molecule has 2 aliphatic heterocycles. The highest BCUT2D eigenvalue weighted by molar-refractivity contribution is 6.32. The molecule has 1 spiro atoms. The van der Waals surface area contributed by atoms with Crippen molar-refractivity contribution in [3.05, 3.63) is 40.8 Å². The number of rotatable bonds is 3. The van der Waals surface area contributed by atoms with Gasteiger partial charge in [0.15, 0.2) is 0 Å². The summed E-state index contributed by atoms with van der Waals surface area (Å²) in [6.45, 7) is 2.81. The van der Waals surface area contributed by atoms with Crippen LogP contribution in [0, 0.1) is 5.41 Å². The number of carbonyl (C=O) groups excluding carboxylic acids is 2. The standard InChI is InChI=1S/C29H37ClN4O3/c30-25-24(31-23-20-28(14-15-34(23)25)10-3-1-2-4-11-28)21-6-8-22(9-7-21)26(35)32-16-18-33(19-17-32)27(36)29(37)12-5-13-29/h6-9,37H,1-5,10-20H2. The van der Waals surface area contributed by atoms with E-state index in [0.717, 1.165) is 36.5 Å². The molecule has 2 saturated carbocycles. The minimum absolute atomic E-state index is 0.0356. The minimum atomic E-state index is -1.17. The molecule has 1 aromatic heterocycles. The Morgan fingerprint density at radius 1 is 0.811 bits per heavy atom. The van der Waals surface area contributed by atoms with Gasteiger partial charge in [-0.1, -0.05) is 49.4 Å². The summed E-state index contributed by atoms with van der Waals surface area (Å²) in [5, 5.41) is 11.1. The number of imidazole rings is 1. The molecule has 0 bridgehead atoms. The smallest absolute Gasteiger partial charge is 0.254 e. The van der Waals surface area contributed by atoms with E-state index in [9.17, 15) is 14.7 Å². The summed E-state index contributed by atoms with van der Waals surface area (Å²) in [5.74, 6) is 0.888. The summed E-state index contributed by atoms with van der Waals surface area (Å²) < 4.78 is 2.19. The van der Waals surface area contributed by atoms with Crippen LogP contribution in [0.1, 0.15) is 80.4 Å². The number of nitrogens with zero attached hydrogens (tertiary/aromatic N) is 4. The van der Waals surface area contributed by atoms with Crippen LogP contribution in [0.15, 0.2) is 24.3 Å². The number of aliphatic hydroxyl groups is 1. The van der Waals surface area contributed by atoms with Gasteiger partial charge in [-0.15, -0.1) is 0 Å². The van der Waals surface area contributed by atoms with E-state index in [2.05, 4.69) is 4.57 Å². The van der Waals surface area contributed by atoms with E-state index >= 15 is 0 Å². The summed E-state index contributed by atoms with van der Waals surface area (Å²) in [4.78, 5) is 34.2. The highest BCUT2D eigenvalue weighted by atomic mass is 35.5. The third-order valence-corrected chi connectivity index (χ3v) is 9.77. The Kier molecular flexibility index (Phi) is 6.56. The summed E-state index contributed by atoms with van der Waals surface area (Å²) >= 11 is 6.82. The molecular formula is C29H37ClN4O3. The predicted octanol–water partition coefficient (Wildman–Crippen LogP) is 4.69. The van der Waals surface area contributed by atoms with Crippen LogP contribution in [0.5, 0.6) is 0 Å². The molecule has 1 saturated heterocycles. The fourth-order valence-electron chi connectivity index (χ4n) is 6.79. The highest BCUT2D eigenvalue weighted by Gasteiger charge is 2.45. The van der Waals surface area contributed by atoms with E-state index in [4.69, 9.17) is 16.6 Å². The molecular weight excluding hydrogens is 488 g/mol. The molecule has 37 heavy (non-hydrogen) atoms. The van der Waals surface area contributed by atoms with Gasteiger partial charge in [0.2, 0.25) is 0 Å². The molecule has 8 heteroatoms. The lowest BCUT2D eigenvalue weighted by atomic mass is 9.73. The van der Waals surface area contributed by atoms with Crippen LogP contribution < -0.4 is 0 Å². The Labute approximate surface area is 223 Å². The van der Waals surface area contributed by atoms with Gasteiger partial charge in [-0.25, -0.2) is 4.98 Å². The summed E-state index contributed by atoms with van der Waals surface area (Å²) in [7, 11) is 0. The molecule has 6 rings (SSSR count). The summed E-state index contributed by atoms with van der Waals surface area (Å²) in [6.07, 6.45) is 12.1. The summed E-state index contributed by atoms with van der Waals surface area (Å²) in [5.41, 5.74) is 1.58. The van der Waals surface area contributed by atoms with Crippen LogP contribution in [0.4, 0.5) is 0 Å². The molecule has 2 aromatic rings. The number of fused-ring (bicyclic) bond motifs is 1. The maximum absolute atomic E-state index is 13.1. The van der Waals surface area contributed by atoms with Gasteiger partial charge in [0.1, 0.15) is 22.3 Å². The van der Waals surface area contributed by atoms with Gasteiger partial charge in [0, 0.05) is 50.3 Å². The normalized spacial score (nSPS) is 22.8. The molecule has 0 radical (unpaired) electrons. The number of hydrogen-bond acceptors (Lipinski definition) is 4. The van der Waals surface area contributed by atoms with Crippen molar-refractivity contribution in [2.24, 2.45) is 5.41 Å². The van der Waals surface area contributed by atoms with Crippen molar-refractivity contribution in [1.82, 2.24) is 19.4 Å². The molecule has 3 fully saturated rings. The van der Waals surface area contributed by atoms with E-state index in [1.807, 2.05) is 24.3 Å². The fourth-order valence-corrected chi connectivity index (χ4v) is 7.12. The zero-order valence-electron chi connectivity index (χ0n) is 21.6. The van der Waals surface area contributed by atoms with Crippen molar-refractivity contribution < 1.29 is 14.7 Å². The molecule has 2 amide bonds. The van der Waals surface area contributed by atoms with Crippen molar-refractivity contribution in [3.8, 4) is 11.3 Å². The molecule has 1 aromatic carbocycles. The number of aromatic nitrogens is 2. The molecule has 198 valence electrons. The van der Waals surface area contributed by atoms with Crippen LogP contribution in [0.25, 0.3) is 11.3 Å². The van der Waals surface area contributed by atoms with Crippen LogP contribution in [0.2, 0.25) is 5.15 Å². The van der Waals surface area contributed by atoms with Gasteiger partial charge in [-0.2, -0.15) is 0 Å². The van der Waals surface area contributed by atoms with E-state index < -0.39 is 5.60 Å². The second-order valence-corrected chi connectivity index (χ2v) is 12.1. The Hall–Kier alpha value is -2.38. The van der Waals surface area contributed by atoms with E-state index in [1.165, 1.54) is 44.9 Å². The third-order valence-electron chi connectivity index (χ3n) is 9.39. The molecule has 0 atom stereocenters. The monoisotopic (exact) mass is 524 g/mol. The van der Waals surface area contributed by atoms with Crippen LogP contribution in [-0.4, -0.2) is 68.1 Å². The lowest BCUT2D eigenvalue weighted by Crippen LogP contribution is -2.58. The predicted molar refractivity (Wildman–Crippen MR) is 142 cm³/mol. The number of benzene rings is 1. The van der Waals surface area contributed by atoms with Gasteiger partial charge in [-0.05, 0) is 56.1 Å². The molecule has 3 heterocycles. The fraction of sp³-hybridized carbons (Fsp3) is 0.621. The lowest BCUT2D eigenvalue weighted by molar-refractivity contribution is -0.161. The number of piperazine rings is 1. The largest absolute Gasteiger partial charge is 0.380 e. The van der Waals surface area contributed by atoms with Gasteiger partial charge < -0.3 is 19.5 Å². The third kappa shape index (κ3) is 4.59. The average Bonchev–Trinajstić information content (AvgIpc) is 3.06. The number of amides is 2. The minimum Gasteiger partial charge on any atom is -0.380 e. The van der Waals surface area contributed by atoms with E-state index in [1.54, 1.807) is 9.80 Å². The number of hydrogen-bond donors (Lipinski definition) is 1. The van der Waals surface area contributed by atoms with Gasteiger partial charge in [0.25, 0.3) is 11.8 Å². The first-order valence-electron chi connectivity index (χ1n) is 14.0. The molecule has 1 N–H and O–H groups in total. The molecule has 7 nitrogen and oxygen atoms in total. The van der Waals surface area contributed by atoms with Gasteiger partial charge >= 0.3 is 0 Å². The Bertz CT molecular complexity index is 1170. The summed E-state index contributed by atoms with van der Waals surface area (Å²) in [6, 6.07) is 7.60. The average molecular weight is 525 g/mol. The zero-order valence-corrected chi connectivity index (χ0v) is 22.3. The number of carbonyl (C=O) groups is 2. The van der Waals surface area contributed by atoms with Crippen LogP contribution in [-0.2, 0) is 17.8 Å². The van der Waals surface area contributed by atoms with Crippen molar-refractivity contribution in [2.45, 2.75) is 82.8 Å². The Balaban J connectivity index is 1.12. The second kappa shape index (κ2) is 9.73. The van der Waals surface area contributed by atoms with Gasteiger partial charge in [0.05, 0.1) is 0 Å². The Morgan fingerprint density at radius 3 is 2.08 bits per heavy atom. The Morgan fingerprint density at radius 2 is 1.46 bits per heavy atom. The van der Waals surface area contributed by atoms with Crippen LogP contribution >= 0.6 is 11.6 Å². The first-order valence-corrected chi connectivity index (χ1v) is 14.4. The SMILES string of the molecule is O=C(c1ccc(-c2nc3n(c2Cl)CCC2(CCCCCC2)C3)cc1)N1CCN(C(=O)C2(O)CCC2)CC1. The molecule has 0 unspecified atom stereocenters. The van der Waals surface area contributed by atoms with Gasteiger partial charge in [-0.3, -0.25) is 9.59 Å². The zero-order chi connectivity index (χ0) is 25.6. The second-order valence-electron chi connectivity index (χ2n) is 11.7. The van der Waals surface area contributed by atoms with Crippen molar-refractivity contribution >= 4 is 23.4 Å². The van der Waals surface area contributed by atoms with Crippen molar-refractivity contribution in [1.29, 1.82) is 0 Å². The quantitative estimate of drug-likeness (QED) is 0.632. The van der Waals surface area contributed by atoms with Crippen molar-refractivity contribution in [2.75, 3.05) is 26.2 Å². The van der Waals surface area contributed by atoms with Crippen molar-refractivity contribution in [3.63, 3.8) is 0 Å². The number of halogens is 1. The maximum Gasteiger partial charge on any atom is 0.254 e. The van der Waals surface area contributed by atoms with E-state index in [-0.39, 0.29) is 11.8 Å². The topological polar surface area (TPSA) is 78.7 Å². The first-order chi connectivity index (χ1) is 17.9. The molecule has 2 aliphatic carbocycles. The first kappa shape index (κ1) is 24.9.